The van der Waals surface area contributed by atoms with Crippen LogP contribution in [0.2, 0.25) is 0 Å². The summed E-state index contributed by atoms with van der Waals surface area (Å²) in [7, 11) is 1.80. The van der Waals surface area contributed by atoms with E-state index < -0.39 is 0 Å². The van der Waals surface area contributed by atoms with E-state index in [2.05, 4.69) is 15.2 Å². The van der Waals surface area contributed by atoms with Crippen molar-refractivity contribution in [3.05, 3.63) is 53.6 Å². The van der Waals surface area contributed by atoms with Gasteiger partial charge in [0.25, 0.3) is 11.8 Å². The number of carbonyl (C=O) groups is 1. The molecule has 2 aromatic heterocycles. The van der Waals surface area contributed by atoms with Crippen molar-refractivity contribution in [3.63, 3.8) is 0 Å². The predicted molar refractivity (Wildman–Crippen MR) is 106 cm³/mol. The number of ether oxygens (including phenoxy) is 1. The normalized spacial score (nSPS) is 15.0. The third-order valence-corrected chi connectivity index (χ3v) is 5.12. The molecule has 0 aliphatic carbocycles. The molecule has 1 fully saturated rings. The Kier molecular flexibility index (Phi) is 5.71. The van der Waals surface area contributed by atoms with Gasteiger partial charge in [0, 0.05) is 32.1 Å². The molecule has 1 amide bonds. The highest BCUT2D eigenvalue weighted by Gasteiger charge is 2.26. The number of hydrogen-bond donors (Lipinski definition) is 0. The van der Waals surface area contributed by atoms with Crippen molar-refractivity contribution in [1.29, 1.82) is 0 Å². The number of piperidine rings is 1. The van der Waals surface area contributed by atoms with Crippen molar-refractivity contribution in [2.24, 2.45) is 7.05 Å². The molecular weight excluding hydrogens is 370 g/mol. The van der Waals surface area contributed by atoms with E-state index >= 15 is 0 Å². The van der Waals surface area contributed by atoms with Crippen LogP contribution in [0.4, 0.5) is 0 Å². The van der Waals surface area contributed by atoms with Gasteiger partial charge in [0.1, 0.15) is 5.69 Å². The van der Waals surface area contributed by atoms with Crippen molar-refractivity contribution in [2.75, 3.05) is 19.7 Å². The molecule has 0 N–H and O–H groups in total. The Hall–Kier alpha value is -3.00. The molecule has 152 valence electrons. The lowest BCUT2D eigenvalue weighted by molar-refractivity contribution is 0.00919. The van der Waals surface area contributed by atoms with Gasteiger partial charge in [-0.25, -0.2) is 0 Å². The van der Waals surface area contributed by atoms with Gasteiger partial charge in [0.15, 0.2) is 5.82 Å². The molecule has 8 nitrogen and oxygen atoms in total. The summed E-state index contributed by atoms with van der Waals surface area (Å²) in [6.45, 7) is 3.80. The minimum absolute atomic E-state index is 0.0341. The zero-order valence-electron chi connectivity index (χ0n) is 16.7. The fourth-order valence-electron chi connectivity index (χ4n) is 3.57. The summed E-state index contributed by atoms with van der Waals surface area (Å²) in [5.41, 5.74) is 2.40. The number of benzene rings is 1. The molecule has 0 spiro atoms. The average Bonchev–Trinajstić information content (AvgIpc) is 3.35. The summed E-state index contributed by atoms with van der Waals surface area (Å²) in [5.74, 6) is 1.20. The lowest BCUT2D eigenvalue weighted by Crippen LogP contribution is -2.41. The predicted octanol–water partition coefficient (Wildman–Crippen LogP) is 2.64. The van der Waals surface area contributed by atoms with E-state index in [1.165, 1.54) is 0 Å². The SMILES string of the molecule is Cc1cc(C(=O)N2CCC(OCCc3noc(-c4ccccc4)n3)CC2)n(C)n1. The van der Waals surface area contributed by atoms with E-state index in [-0.39, 0.29) is 12.0 Å². The van der Waals surface area contributed by atoms with Crippen LogP contribution in [0.5, 0.6) is 0 Å². The van der Waals surface area contributed by atoms with Crippen LogP contribution in [0.1, 0.15) is 34.8 Å². The fourth-order valence-corrected chi connectivity index (χ4v) is 3.57. The number of likely N-dealkylation sites (tertiary alicyclic amines) is 1. The molecule has 4 rings (SSSR count). The molecule has 3 aromatic rings. The Morgan fingerprint density at radius 1 is 1.24 bits per heavy atom. The molecule has 1 aromatic carbocycles. The Morgan fingerprint density at radius 2 is 2.00 bits per heavy atom. The van der Waals surface area contributed by atoms with Crippen LogP contribution in [0.25, 0.3) is 11.5 Å². The molecule has 0 atom stereocenters. The molecule has 3 heterocycles. The summed E-state index contributed by atoms with van der Waals surface area (Å²) < 4.78 is 13.0. The van der Waals surface area contributed by atoms with Crippen molar-refractivity contribution >= 4 is 5.91 Å². The number of carbonyl (C=O) groups excluding carboxylic acids is 1. The molecule has 29 heavy (non-hydrogen) atoms. The maximum Gasteiger partial charge on any atom is 0.272 e. The van der Waals surface area contributed by atoms with Crippen LogP contribution in [-0.4, -0.2) is 56.5 Å². The number of amides is 1. The molecule has 8 heteroatoms. The molecule has 1 aliphatic rings. The van der Waals surface area contributed by atoms with Gasteiger partial charge in [-0.05, 0) is 38.0 Å². The largest absolute Gasteiger partial charge is 0.378 e. The zero-order chi connectivity index (χ0) is 20.2. The topological polar surface area (TPSA) is 86.3 Å². The average molecular weight is 395 g/mol. The van der Waals surface area contributed by atoms with Crippen LogP contribution in [0.15, 0.2) is 40.9 Å². The summed E-state index contributed by atoms with van der Waals surface area (Å²) in [5, 5.41) is 8.28. The van der Waals surface area contributed by atoms with Crippen LogP contribution in [0.3, 0.4) is 0 Å². The molecule has 0 radical (unpaired) electrons. The van der Waals surface area contributed by atoms with E-state index in [1.54, 1.807) is 11.7 Å². The first-order valence-corrected chi connectivity index (χ1v) is 9.89. The molecule has 0 saturated carbocycles. The number of nitrogens with zero attached hydrogens (tertiary/aromatic N) is 5. The Bertz CT molecular complexity index is 958. The number of aryl methyl sites for hydroxylation is 2. The van der Waals surface area contributed by atoms with Gasteiger partial charge in [0.05, 0.1) is 18.4 Å². The molecule has 0 unspecified atom stereocenters. The summed E-state index contributed by atoms with van der Waals surface area (Å²) >= 11 is 0. The smallest absolute Gasteiger partial charge is 0.272 e. The van der Waals surface area contributed by atoms with Gasteiger partial charge in [-0.1, -0.05) is 23.4 Å². The number of hydrogen-bond acceptors (Lipinski definition) is 6. The van der Waals surface area contributed by atoms with E-state index in [1.807, 2.05) is 48.2 Å². The summed E-state index contributed by atoms with van der Waals surface area (Å²) in [6.07, 6.45) is 2.39. The van der Waals surface area contributed by atoms with Gasteiger partial charge in [-0.3, -0.25) is 9.48 Å². The lowest BCUT2D eigenvalue weighted by Gasteiger charge is -2.31. The van der Waals surface area contributed by atoms with Gasteiger partial charge >= 0.3 is 0 Å². The summed E-state index contributed by atoms with van der Waals surface area (Å²) in [4.78, 5) is 19.0. The monoisotopic (exact) mass is 395 g/mol. The number of aromatic nitrogens is 4. The van der Waals surface area contributed by atoms with Crippen molar-refractivity contribution in [3.8, 4) is 11.5 Å². The molecule has 1 saturated heterocycles. The Labute approximate surface area is 169 Å². The molecular formula is C21H25N5O3. The Balaban J connectivity index is 1.22. The standard InChI is InChI=1S/C21H25N5O3/c1-15-14-18(25(2)23-15)21(27)26-11-8-17(9-12-26)28-13-10-19-22-20(29-24-19)16-6-4-3-5-7-16/h3-7,14,17H,8-13H2,1-2H3. The van der Waals surface area contributed by atoms with Crippen LogP contribution in [-0.2, 0) is 18.2 Å². The van der Waals surface area contributed by atoms with Crippen LogP contribution >= 0.6 is 0 Å². The van der Waals surface area contributed by atoms with Gasteiger partial charge < -0.3 is 14.2 Å². The van der Waals surface area contributed by atoms with E-state index in [0.29, 0.717) is 43.5 Å². The second-order valence-electron chi connectivity index (χ2n) is 7.29. The van der Waals surface area contributed by atoms with Crippen molar-refractivity contribution < 1.29 is 14.1 Å². The third kappa shape index (κ3) is 4.54. The second kappa shape index (κ2) is 8.57. The second-order valence-corrected chi connectivity index (χ2v) is 7.29. The minimum atomic E-state index is 0.0341. The maximum atomic E-state index is 12.7. The van der Waals surface area contributed by atoms with Gasteiger partial charge in [-0.15, -0.1) is 0 Å². The lowest BCUT2D eigenvalue weighted by atomic mass is 10.1. The molecule has 1 aliphatic heterocycles. The fraction of sp³-hybridized carbons (Fsp3) is 0.429. The maximum absolute atomic E-state index is 12.7. The van der Waals surface area contributed by atoms with Crippen LogP contribution in [0, 0.1) is 6.92 Å². The highest BCUT2D eigenvalue weighted by molar-refractivity contribution is 5.92. The first kappa shape index (κ1) is 19.3. The quantitative estimate of drug-likeness (QED) is 0.638. The first-order chi connectivity index (χ1) is 14.1. The first-order valence-electron chi connectivity index (χ1n) is 9.89. The number of rotatable bonds is 6. The van der Waals surface area contributed by atoms with Gasteiger partial charge in [-0.2, -0.15) is 10.1 Å². The van der Waals surface area contributed by atoms with E-state index in [0.717, 1.165) is 24.1 Å². The highest BCUT2D eigenvalue weighted by Crippen LogP contribution is 2.18. The highest BCUT2D eigenvalue weighted by atomic mass is 16.5. The minimum Gasteiger partial charge on any atom is -0.378 e. The van der Waals surface area contributed by atoms with Crippen molar-refractivity contribution in [1.82, 2.24) is 24.8 Å². The molecule has 0 bridgehead atoms. The Morgan fingerprint density at radius 3 is 2.69 bits per heavy atom. The van der Waals surface area contributed by atoms with Crippen LogP contribution < -0.4 is 0 Å². The summed E-state index contributed by atoms with van der Waals surface area (Å²) in [6, 6.07) is 11.5. The van der Waals surface area contributed by atoms with Gasteiger partial charge in [0.2, 0.25) is 0 Å². The van der Waals surface area contributed by atoms with Crippen molar-refractivity contribution in [2.45, 2.75) is 32.3 Å². The van der Waals surface area contributed by atoms with E-state index in [9.17, 15) is 4.79 Å². The van der Waals surface area contributed by atoms with E-state index in [4.69, 9.17) is 9.26 Å². The third-order valence-electron chi connectivity index (χ3n) is 5.12. The zero-order valence-corrected chi connectivity index (χ0v) is 16.7.